The minimum Gasteiger partial charge on any atom is -0.331 e. The van der Waals surface area contributed by atoms with E-state index >= 15 is 0 Å². The number of anilines is 1. The highest BCUT2D eigenvalue weighted by molar-refractivity contribution is 6.24. The smallest absolute Gasteiger partial charge is 0.216 e. The maximum Gasteiger partial charge on any atom is 0.216 e. The van der Waals surface area contributed by atoms with Crippen LogP contribution in [0.25, 0.3) is 0 Å². The van der Waals surface area contributed by atoms with Gasteiger partial charge in [-0.15, -0.1) is 0 Å². The van der Waals surface area contributed by atoms with Gasteiger partial charge in [0.1, 0.15) is 5.82 Å². The molecule has 1 aliphatic rings. The summed E-state index contributed by atoms with van der Waals surface area (Å²) in [7, 11) is 1.80. The number of nitrogens with one attached hydrogen (secondary N) is 1. The van der Waals surface area contributed by atoms with E-state index < -0.39 is 5.12 Å². The summed E-state index contributed by atoms with van der Waals surface area (Å²) in [5.74, 6) is 0.780. The molecule has 0 amide bonds. The number of fused-ring (bicyclic) bond motifs is 1. The molecule has 0 saturated heterocycles. The van der Waals surface area contributed by atoms with Gasteiger partial charge in [0.25, 0.3) is 0 Å². The summed E-state index contributed by atoms with van der Waals surface area (Å²) in [6.07, 6.45) is 3.07. The van der Waals surface area contributed by atoms with E-state index in [1.165, 1.54) is 6.34 Å². The minimum atomic E-state index is -1.17. The first-order valence-electron chi connectivity index (χ1n) is 3.42. The van der Waals surface area contributed by atoms with Gasteiger partial charge in [-0.05, 0) is 0 Å². The summed E-state index contributed by atoms with van der Waals surface area (Å²) in [6.45, 7) is 0. The Bertz CT molecular complexity index is 340. The van der Waals surface area contributed by atoms with Crippen molar-refractivity contribution in [3.63, 3.8) is 0 Å². The Morgan fingerprint density at radius 1 is 1.75 bits per heavy atom. The molecule has 1 unspecified atom stereocenters. The lowest BCUT2D eigenvalue weighted by Gasteiger charge is -2.21. The Kier molecular flexibility index (Phi) is 1.39. The number of aryl methyl sites for hydroxylation is 1. The van der Waals surface area contributed by atoms with Crippen molar-refractivity contribution in [1.29, 1.82) is 0 Å². The van der Waals surface area contributed by atoms with E-state index in [4.69, 9.17) is 17.3 Å². The quantitative estimate of drug-likeness (QED) is 0.448. The van der Waals surface area contributed by atoms with Gasteiger partial charge in [0.05, 0.1) is 18.1 Å². The van der Waals surface area contributed by atoms with Crippen LogP contribution in [0.2, 0.25) is 0 Å². The van der Waals surface area contributed by atoms with Crippen LogP contribution in [0.15, 0.2) is 11.2 Å². The van der Waals surface area contributed by atoms with Crippen LogP contribution in [0, 0.1) is 0 Å². The number of nitrogens with zero attached hydrogens (tertiary/aromatic N) is 3. The zero-order valence-corrected chi connectivity index (χ0v) is 7.21. The SMILES string of the molecule is Cn1ncc2c1NC=NC2(N)Cl. The maximum absolute atomic E-state index is 5.90. The molecule has 0 aromatic carbocycles. The van der Waals surface area contributed by atoms with Crippen LogP contribution in [0.3, 0.4) is 0 Å². The summed E-state index contributed by atoms with van der Waals surface area (Å²) in [5.41, 5.74) is 6.37. The minimum absolute atomic E-state index is 0.689. The average Bonchev–Trinajstić information content (AvgIpc) is 2.33. The van der Waals surface area contributed by atoms with Gasteiger partial charge < -0.3 is 5.32 Å². The van der Waals surface area contributed by atoms with E-state index in [1.54, 1.807) is 17.9 Å². The van der Waals surface area contributed by atoms with Crippen molar-refractivity contribution in [2.75, 3.05) is 5.32 Å². The van der Waals surface area contributed by atoms with E-state index in [0.29, 0.717) is 5.56 Å². The van der Waals surface area contributed by atoms with Crippen molar-refractivity contribution in [2.24, 2.45) is 17.8 Å². The number of halogens is 1. The number of hydrogen-bond acceptors (Lipinski definition) is 4. The first kappa shape index (κ1) is 7.57. The Morgan fingerprint density at radius 3 is 3.17 bits per heavy atom. The lowest BCUT2D eigenvalue weighted by atomic mass is 10.2. The Morgan fingerprint density at radius 2 is 2.50 bits per heavy atom. The third-order valence-corrected chi connectivity index (χ3v) is 2.07. The van der Waals surface area contributed by atoms with Gasteiger partial charge >= 0.3 is 0 Å². The summed E-state index contributed by atoms with van der Waals surface area (Å²) >= 11 is 5.90. The van der Waals surface area contributed by atoms with Gasteiger partial charge in [-0.25, -0.2) is 4.99 Å². The molecule has 0 saturated carbocycles. The Balaban J connectivity index is 2.59. The molecule has 0 spiro atoms. The number of alkyl halides is 1. The lowest BCUT2D eigenvalue weighted by molar-refractivity contribution is 0.679. The first-order valence-corrected chi connectivity index (χ1v) is 3.79. The summed E-state index contributed by atoms with van der Waals surface area (Å²) in [4.78, 5) is 3.87. The number of nitrogens with two attached hydrogens (primary N) is 1. The fourth-order valence-corrected chi connectivity index (χ4v) is 1.31. The van der Waals surface area contributed by atoms with E-state index in [9.17, 15) is 0 Å². The van der Waals surface area contributed by atoms with Crippen LogP contribution in [0.4, 0.5) is 5.82 Å². The molecule has 64 valence electrons. The van der Waals surface area contributed by atoms with Gasteiger partial charge in [0, 0.05) is 7.05 Å². The Labute approximate surface area is 74.2 Å². The molecule has 5 nitrogen and oxygen atoms in total. The standard InChI is InChI=1S/C6H8ClN5/c1-12-5-4(2-11-12)6(7,8)10-3-9-5/h2-3H,8H2,1H3,(H,9,10). The first-order chi connectivity index (χ1) is 5.61. The molecule has 1 aromatic rings. The molecule has 3 N–H and O–H groups in total. The zero-order chi connectivity index (χ0) is 8.77. The monoisotopic (exact) mass is 185 g/mol. The van der Waals surface area contributed by atoms with E-state index in [2.05, 4.69) is 15.4 Å². The number of aliphatic imine (C=N–C) groups is 1. The van der Waals surface area contributed by atoms with Crippen LogP contribution in [-0.4, -0.2) is 16.1 Å². The van der Waals surface area contributed by atoms with Crippen molar-refractivity contribution in [3.8, 4) is 0 Å². The van der Waals surface area contributed by atoms with Gasteiger partial charge in [-0.3, -0.25) is 10.4 Å². The third kappa shape index (κ3) is 0.904. The molecule has 0 aliphatic carbocycles. The van der Waals surface area contributed by atoms with Crippen LogP contribution in [-0.2, 0) is 12.2 Å². The van der Waals surface area contributed by atoms with Crippen molar-refractivity contribution in [2.45, 2.75) is 5.12 Å². The van der Waals surface area contributed by atoms with Crippen LogP contribution < -0.4 is 11.1 Å². The predicted octanol–water partition coefficient (Wildman–Crippen LogP) is 0.182. The summed E-state index contributed by atoms with van der Waals surface area (Å²) in [5, 5.41) is 5.74. The zero-order valence-electron chi connectivity index (χ0n) is 6.45. The molecule has 12 heavy (non-hydrogen) atoms. The van der Waals surface area contributed by atoms with Crippen molar-refractivity contribution >= 4 is 23.8 Å². The van der Waals surface area contributed by atoms with Gasteiger partial charge in [0.2, 0.25) is 5.12 Å². The third-order valence-electron chi connectivity index (χ3n) is 1.77. The molecular weight excluding hydrogens is 178 g/mol. The topological polar surface area (TPSA) is 68.2 Å². The van der Waals surface area contributed by atoms with Crippen molar-refractivity contribution in [1.82, 2.24) is 9.78 Å². The molecule has 1 atom stereocenters. The number of hydrogen-bond donors (Lipinski definition) is 2. The van der Waals surface area contributed by atoms with Gasteiger partial charge in [0.15, 0.2) is 0 Å². The average molecular weight is 186 g/mol. The highest BCUT2D eigenvalue weighted by Gasteiger charge is 2.30. The highest BCUT2D eigenvalue weighted by Crippen LogP contribution is 2.32. The second-order valence-corrected chi connectivity index (χ2v) is 3.18. The van der Waals surface area contributed by atoms with Crippen molar-refractivity contribution in [3.05, 3.63) is 11.8 Å². The van der Waals surface area contributed by atoms with E-state index in [-0.39, 0.29) is 0 Å². The second kappa shape index (κ2) is 2.21. The van der Waals surface area contributed by atoms with E-state index in [0.717, 1.165) is 5.82 Å². The highest BCUT2D eigenvalue weighted by atomic mass is 35.5. The lowest BCUT2D eigenvalue weighted by Crippen LogP contribution is -2.32. The van der Waals surface area contributed by atoms with Crippen LogP contribution >= 0.6 is 11.6 Å². The molecule has 6 heteroatoms. The van der Waals surface area contributed by atoms with E-state index in [1.807, 2.05) is 0 Å². The second-order valence-electron chi connectivity index (χ2n) is 2.61. The molecule has 2 heterocycles. The molecular formula is C6H8ClN5. The molecule has 2 rings (SSSR count). The van der Waals surface area contributed by atoms with Gasteiger partial charge in [-0.1, -0.05) is 11.6 Å². The molecule has 1 aromatic heterocycles. The maximum atomic E-state index is 5.90. The molecule has 0 bridgehead atoms. The molecule has 1 aliphatic heterocycles. The van der Waals surface area contributed by atoms with Crippen molar-refractivity contribution < 1.29 is 0 Å². The Hall–Kier alpha value is -1.07. The van der Waals surface area contributed by atoms with Crippen LogP contribution in [0.5, 0.6) is 0 Å². The van der Waals surface area contributed by atoms with Crippen LogP contribution in [0.1, 0.15) is 5.56 Å². The normalized spacial score (nSPS) is 26.6. The number of aromatic nitrogens is 2. The summed E-state index contributed by atoms with van der Waals surface area (Å²) in [6, 6.07) is 0. The largest absolute Gasteiger partial charge is 0.331 e. The molecule has 0 fully saturated rings. The fraction of sp³-hybridized carbons (Fsp3) is 0.333. The fourth-order valence-electron chi connectivity index (χ4n) is 1.12. The summed E-state index contributed by atoms with van der Waals surface area (Å²) < 4.78 is 1.66. The molecule has 0 radical (unpaired) electrons. The van der Waals surface area contributed by atoms with Gasteiger partial charge in [-0.2, -0.15) is 5.10 Å². The predicted molar refractivity (Wildman–Crippen MR) is 47.0 cm³/mol. The number of rotatable bonds is 0.